The van der Waals surface area contributed by atoms with Gasteiger partial charge in [-0.25, -0.2) is 0 Å². The summed E-state index contributed by atoms with van der Waals surface area (Å²) in [5.74, 6) is -0.109. The molecule has 3 rings (SSSR count). The first-order chi connectivity index (χ1) is 10.1. The molecule has 0 bridgehead atoms. The predicted octanol–water partition coefficient (Wildman–Crippen LogP) is 3.51. The van der Waals surface area contributed by atoms with Crippen molar-refractivity contribution < 1.29 is 14.6 Å². The van der Waals surface area contributed by atoms with Crippen LogP contribution in [0.5, 0.6) is 11.5 Å². The highest BCUT2D eigenvalue weighted by Crippen LogP contribution is 2.33. The van der Waals surface area contributed by atoms with Crippen molar-refractivity contribution in [2.24, 2.45) is 0 Å². The first kappa shape index (κ1) is 13.0. The molecule has 0 fully saturated rings. The van der Waals surface area contributed by atoms with E-state index in [9.17, 15) is 15.0 Å². The molecular weight excluding hydrogens is 268 g/mol. The summed E-state index contributed by atoms with van der Waals surface area (Å²) < 4.78 is 5.62. The van der Waals surface area contributed by atoms with Crippen molar-refractivity contribution in [2.75, 3.05) is 0 Å². The highest BCUT2D eigenvalue weighted by Gasteiger charge is 2.14. The van der Waals surface area contributed by atoms with Gasteiger partial charge in [0.05, 0.1) is 0 Å². The third-order valence-corrected chi connectivity index (χ3v) is 3.28. The SMILES string of the molecule is C=Cc1ccccc1-c1cc(=O)c2c(O)ccc(O)c2o1. The number of phenolic OH excluding ortho intramolecular Hbond substituents is 2. The molecule has 21 heavy (non-hydrogen) atoms. The van der Waals surface area contributed by atoms with Gasteiger partial charge in [-0.3, -0.25) is 4.79 Å². The lowest BCUT2D eigenvalue weighted by molar-refractivity contribution is 0.455. The molecule has 0 amide bonds. The number of hydrogen-bond donors (Lipinski definition) is 2. The average molecular weight is 280 g/mol. The molecule has 0 atom stereocenters. The largest absolute Gasteiger partial charge is 0.507 e. The maximum absolute atomic E-state index is 12.2. The Balaban J connectivity index is 2.39. The lowest BCUT2D eigenvalue weighted by atomic mass is 10.0. The van der Waals surface area contributed by atoms with Crippen LogP contribution >= 0.6 is 0 Å². The van der Waals surface area contributed by atoms with E-state index in [-0.39, 0.29) is 22.5 Å². The number of benzene rings is 2. The molecule has 0 aliphatic heterocycles. The van der Waals surface area contributed by atoms with Gasteiger partial charge in [0.25, 0.3) is 0 Å². The average Bonchev–Trinajstić information content (AvgIpc) is 2.50. The van der Waals surface area contributed by atoms with E-state index in [1.165, 1.54) is 18.2 Å². The summed E-state index contributed by atoms with van der Waals surface area (Å²) in [6.45, 7) is 3.72. The van der Waals surface area contributed by atoms with Crippen LogP contribution in [0.2, 0.25) is 0 Å². The minimum absolute atomic E-state index is 0.0311. The molecule has 1 aromatic heterocycles. The zero-order valence-electron chi connectivity index (χ0n) is 11.0. The Morgan fingerprint density at radius 1 is 1.05 bits per heavy atom. The van der Waals surface area contributed by atoms with Crippen LogP contribution in [-0.2, 0) is 0 Å². The number of phenols is 2. The smallest absolute Gasteiger partial charge is 0.197 e. The molecule has 2 N–H and O–H groups in total. The first-order valence-electron chi connectivity index (χ1n) is 6.32. The molecule has 0 spiro atoms. The van der Waals surface area contributed by atoms with E-state index in [1.807, 2.05) is 18.2 Å². The molecule has 4 nitrogen and oxygen atoms in total. The quantitative estimate of drug-likeness (QED) is 0.705. The van der Waals surface area contributed by atoms with E-state index in [0.29, 0.717) is 11.3 Å². The van der Waals surface area contributed by atoms with Crippen molar-refractivity contribution >= 4 is 17.0 Å². The minimum atomic E-state index is -0.418. The zero-order chi connectivity index (χ0) is 15.0. The number of aromatic hydroxyl groups is 2. The van der Waals surface area contributed by atoms with Gasteiger partial charge in [-0.1, -0.05) is 36.9 Å². The van der Waals surface area contributed by atoms with Gasteiger partial charge in [0.1, 0.15) is 16.9 Å². The summed E-state index contributed by atoms with van der Waals surface area (Å²) in [6.07, 6.45) is 1.65. The van der Waals surface area contributed by atoms with Crippen LogP contribution in [0.4, 0.5) is 0 Å². The van der Waals surface area contributed by atoms with Gasteiger partial charge in [-0.15, -0.1) is 0 Å². The maximum atomic E-state index is 12.2. The Bertz CT molecular complexity index is 906. The van der Waals surface area contributed by atoms with Crippen LogP contribution < -0.4 is 5.43 Å². The lowest BCUT2D eigenvalue weighted by Crippen LogP contribution is -2.01. The van der Waals surface area contributed by atoms with Gasteiger partial charge in [0, 0.05) is 11.6 Å². The van der Waals surface area contributed by atoms with Crippen LogP contribution in [0.3, 0.4) is 0 Å². The highest BCUT2D eigenvalue weighted by molar-refractivity contribution is 5.89. The molecule has 0 saturated carbocycles. The molecule has 0 aliphatic carbocycles. The molecule has 3 aromatic rings. The van der Waals surface area contributed by atoms with E-state index < -0.39 is 5.43 Å². The lowest BCUT2D eigenvalue weighted by Gasteiger charge is -2.08. The monoisotopic (exact) mass is 280 g/mol. The summed E-state index contributed by atoms with van der Waals surface area (Å²) in [5.41, 5.74) is 1.05. The number of rotatable bonds is 2. The number of fused-ring (bicyclic) bond motifs is 1. The molecule has 104 valence electrons. The summed E-state index contributed by atoms with van der Waals surface area (Å²) in [4.78, 5) is 12.2. The standard InChI is InChI=1S/C17H12O4/c1-2-10-5-3-4-6-11(10)15-9-14(20)16-12(18)7-8-13(19)17(16)21-15/h2-9,18-19H,1H2. The van der Waals surface area contributed by atoms with Crippen molar-refractivity contribution in [1.29, 1.82) is 0 Å². The van der Waals surface area contributed by atoms with Crippen LogP contribution in [0.25, 0.3) is 28.4 Å². The zero-order valence-corrected chi connectivity index (χ0v) is 11.0. The van der Waals surface area contributed by atoms with Gasteiger partial charge in [0.15, 0.2) is 16.8 Å². The molecule has 0 radical (unpaired) electrons. The van der Waals surface area contributed by atoms with E-state index in [4.69, 9.17) is 4.42 Å². The van der Waals surface area contributed by atoms with E-state index in [1.54, 1.807) is 12.1 Å². The van der Waals surface area contributed by atoms with Crippen LogP contribution in [0.15, 0.2) is 58.3 Å². The van der Waals surface area contributed by atoms with Crippen LogP contribution in [-0.4, -0.2) is 10.2 Å². The maximum Gasteiger partial charge on any atom is 0.197 e. The second-order valence-corrected chi connectivity index (χ2v) is 4.57. The molecule has 1 heterocycles. The van der Waals surface area contributed by atoms with E-state index in [2.05, 4.69) is 6.58 Å². The van der Waals surface area contributed by atoms with Gasteiger partial charge >= 0.3 is 0 Å². The summed E-state index contributed by atoms with van der Waals surface area (Å²) in [6, 6.07) is 11.1. The second kappa shape index (κ2) is 4.83. The summed E-state index contributed by atoms with van der Waals surface area (Å²) in [7, 11) is 0. The normalized spacial score (nSPS) is 10.7. The molecule has 0 saturated heterocycles. The van der Waals surface area contributed by atoms with E-state index >= 15 is 0 Å². The predicted molar refractivity (Wildman–Crippen MR) is 81.3 cm³/mol. The van der Waals surface area contributed by atoms with Gasteiger partial charge in [0.2, 0.25) is 0 Å². The van der Waals surface area contributed by atoms with Crippen molar-refractivity contribution in [3.63, 3.8) is 0 Å². The molecule has 4 heteroatoms. The van der Waals surface area contributed by atoms with Crippen LogP contribution in [0, 0.1) is 0 Å². The fourth-order valence-electron chi connectivity index (χ4n) is 2.27. The third kappa shape index (κ3) is 2.07. The number of hydrogen-bond acceptors (Lipinski definition) is 4. The Hall–Kier alpha value is -3.01. The topological polar surface area (TPSA) is 70.7 Å². The Labute approximate surface area is 120 Å². The Kier molecular flexibility index (Phi) is 2.99. The third-order valence-electron chi connectivity index (χ3n) is 3.28. The second-order valence-electron chi connectivity index (χ2n) is 4.57. The molecule has 0 aliphatic rings. The Morgan fingerprint density at radius 3 is 2.52 bits per heavy atom. The van der Waals surface area contributed by atoms with Gasteiger partial charge in [-0.2, -0.15) is 0 Å². The Morgan fingerprint density at radius 2 is 1.76 bits per heavy atom. The minimum Gasteiger partial charge on any atom is -0.507 e. The molecule has 0 unspecified atom stereocenters. The first-order valence-corrected chi connectivity index (χ1v) is 6.32. The summed E-state index contributed by atoms with van der Waals surface area (Å²) in [5, 5.41) is 19.6. The van der Waals surface area contributed by atoms with E-state index in [0.717, 1.165) is 5.56 Å². The van der Waals surface area contributed by atoms with Gasteiger partial charge < -0.3 is 14.6 Å². The fraction of sp³-hybridized carbons (Fsp3) is 0. The van der Waals surface area contributed by atoms with Gasteiger partial charge in [-0.05, 0) is 17.7 Å². The van der Waals surface area contributed by atoms with Crippen LogP contribution in [0.1, 0.15) is 5.56 Å². The van der Waals surface area contributed by atoms with Crippen molar-refractivity contribution in [2.45, 2.75) is 0 Å². The molecular formula is C17H12O4. The highest BCUT2D eigenvalue weighted by atomic mass is 16.4. The van der Waals surface area contributed by atoms with Crippen molar-refractivity contribution in [1.82, 2.24) is 0 Å². The van der Waals surface area contributed by atoms with Crippen molar-refractivity contribution in [3.05, 3.63) is 64.8 Å². The summed E-state index contributed by atoms with van der Waals surface area (Å²) >= 11 is 0. The molecule has 2 aromatic carbocycles. The fourth-order valence-corrected chi connectivity index (χ4v) is 2.27. The van der Waals surface area contributed by atoms with Crippen molar-refractivity contribution in [3.8, 4) is 22.8 Å².